The number of rotatable bonds is 2. The van der Waals surface area contributed by atoms with Gasteiger partial charge in [0.15, 0.2) is 28.9 Å². The third-order valence-electron chi connectivity index (χ3n) is 1.89. The SMILES string of the molecule is O=C1C=CC(=O)C=C1.O=NN(O)c1ccccc1.[AlH3]. The van der Waals surface area contributed by atoms with Crippen LogP contribution in [0.15, 0.2) is 59.9 Å². The van der Waals surface area contributed by atoms with Crippen LogP contribution in [0.25, 0.3) is 0 Å². The van der Waals surface area contributed by atoms with E-state index >= 15 is 0 Å². The van der Waals surface area contributed by atoms with Gasteiger partial charge in [0.1, 0.15) is 0 Å². The van der Waals surface area contributed by atoms with Crippen molar-refractivity contribution in [2.24, 2.45) is 5.29 Å². The van der Waals surface area contributed by atoms with Gasteiger partial charge in [0, 0.05) is 0 Å². The van der Waals surface area contributed by atoms with Gasteiger partial charge in [-0.1, -0.05) is 18.2 Å². The van der Waals surface area contributed by atoms with Crippen LogP contribution in [0.4, 0.5) is 5.69 Å². The van der Waals surface area contributed by atoms with Crippen molar-refractivity contribution < 1.29 is 14.8 Å². The summed E-state index contributed by atoms with van der Waals surface area (Å²) in [6, 6.07) is 8.32. The minimum Gasteiger partial charge on any atom is -0.290 e. The van der Waals surface area contributed by atoms with E-state index in [1.165, 1.54) is 24.3 Å². The average Bonchev–Trinajstić information content (AvgIpc) is 2.43. The Morgan fingerprint density at radius 1 is 0.895 bits per heavy atom. The second-order valence-corrected chi connectivity index (χ2v) is 3.18. The minimum absolute atomic E-state index is 0. The molecule has 0 heterocycles. The first-order chi connectivity index (χ1) is 8.63. The number of carbonyl (C=O) groups excluding carboxylic acids is 2. The number of allylic oxidation sites excluding steroid dienone is 4. The quantitative estimate of drug-likeness (QED) is 0.370. The Balaban J connectivity index is 0.000000331. The second kappa shape index (κ2) is 8.94. The monoisotopic (exact) mass is 276 g/mol. The highest BCUT2D eigenvalue weighted by atomic mass is 27.0. The van der Waals surface area contributed by atoms with Crippen LogP contribution in [0.1, 0.15) is 0 Å². The van der Waals surface area contributed by atoms with Gasteiger partial charge in [0.2, 0.25) is 0 Å². The molecule has 6 nitrogen and oxygen atoms in total. The van der Waals surface area contributed by atoms with Gasteiger partial charge in [-0.3, -0.25) is 14.8 Å². The lowest BCUT2D eigenvalue weighted by Gasteiger charge is -2.03. The molecule has 1 aromatic carbocycles. The van der Waals surface area contributed by atoms with Crippen molar-refractivity contribution in [3.05, 3.63) is 59.5 Å². The van der Waals surface area contributed by atoms with Gasteiger partial charge in [0.25, 0.3) is 0 Å². The molecule has 19 heavy (non-hydrogen) atoms. The van der Waals surface area contributed by atoms with E-state index in [4.69, 9.17) is 5.21 Å². The molecule has 1 aromatic rings. The number of hydrogen-bond acceptors (Lipinski definition) is 5. The van der Waals surface area contributed by atoms with Gasteiger partial charge in [0.05, 0.1) is 11.0 Å². The van der Waals surface area contributed by atoms with E-state index in [2.05, 4.69) is 5.29 Å². The van der Waals surface area contributed by atoms with Gasteiger partial charge in [-0.2, -0.15) is 0 Å². The Morgan fingerprint density at radius 2 is 1.32 bits per heavy atom. The van der Waals surface area contributed by atoms with Crippen LogP contribution < -0.4 is 5.17 Å². The standard InChI is InChI=1S/C6H6N2O2.C6H4O2.Al.3H/c9-7-8(10)6-4-2-1-3-5-6;7-5-1-2-6(8)4-3-5;;;;/h1-5,10H;1-4H;;;;. The summed E-state index contributed by atoms with van der Waals surface area (Å²) < 4.78 is 0. The number of anilines is 1. The van der Waals surface area contributed by atoms with Crippen LogP contribution in [-0.4, -0.2) is 34.1 Å². The molecule has 1 aliphatic carbocycles. The normalized spacial score (nSPS) is 12.1. The maximum atomic E-state index is 10.3. The molecule has 98 valence electrons. The maximum absolute atomic E-state index is 10.3. The summed E-state index contributed by atoms with van der Waals surface area (Å²) in [5, 5.41) is 11.3. The second-order valence-electron chi connectivity index (χ2n) is 3.18. The van der Waals surface area contributed by atoms with Crippen LogP contribution in [0.5, 0.6) is 0 Å². The smallest absolute Gasteiger partial charge is 0.187 e. The number of nitrogens with zero attached hydrogens (tertiary/aromatic N) is 2. The third-order valence-corrected chi connectivity index (χ3v) is 1.89. The molecular weight excluding hydrogens is 263 g/mol. The first kappa shape index (κ1) is 16.9. The molecule has 0 aromatic heterocycles. The van der Waals surface area contributed by atoms with E-state index in [1.54, 1.807) is 30.3 Å². The molecule has 0 radical (unpaired) electrons. The van der Waals surface area contributed by atoms with Crippen LogP contribution in [0.3, 0.4) is 0 Å². The Labute approximate surface area is 120 Å². The molecule has 0 amide bonds. The highest BCUT2D eigenvalue weighted by Crippen LogP contribution is 2.09. The highest BCUT2D eigenvalue weighted by molar-refractivity contribution is 6.14. The van der Waals surface area contributed by atoms with E-state index in [-0.39, 0.29) is 34.1 Å². The Morgan fingerprint density at radius 3 is 1.68 bits per heavy atom. The molecule has 0 saturated heterocycles. The molecule has 1 aliphatic rings. The zero-order valence-corrected chi connectivity index (χ0v) is 9.26. The molecule has 0 saturated carbocycles. The lowest BCUT2D eigenvalue weighted by Crippen LogP contribution is -2.06. The molecule has 0 bridgehead atoms. The van der Waals surface area contributed by atoms with E-state index in [9.17, 15) is 14.5 Å². The lowest BCUT2D eigenvalue weighted by molar-refractivity contribution is -0.113. The zero-order valence-electron chi connectivity index (χ0n) is 9.26. The number of hydrogen-bond donors (Lipinski definition) is 1. The van der Waals surface area contributed by atoms with Crippen molar-refractivity contribution in [2.75, 3.05) is 5.17 Å². The van der Waals surface area contributed by atoms with E-state index in [0.717, 1.165) is 0 Å². The van der Waals surface area contributed by atoms with E-state index in [0.29, 0.717) is 5.69 Å². The maximum Gasteiger partial charge on any atom is 0.187 e. The van der Waals surface area contributed by atoms with Crippen molar-refractivity contribution in [3.63, 3.8) is 0 Å². The van der Waals surface area contributed by atoms with E-state index < -0.39 is 0 Å². The van der Waals surface area contributed by atoms with Gasteiger partial charge < -0.3 is 0 Å². The molecule has 0 unspecified atom stereocenters. The Kier molecular flexibility index (Phi) is 7.97. The van der Waals surface area contributed by atoms with E-state index in [1.807, 2.05) is 0 Å². The number of ketones is 2. The summed E-state index contributed by atoms with van der Waals surface area (Å²) in [5.74, 6) is -0.241. The topological polar surface area (TPSA) is 87.0 Å². The molecule has 0 atom stereocenters. The largest absolute Gasteiger partial charge is 0.290 e. The van der Waals surface area contributed by atoms with Crippen molar-refractivity contribution in [1.82, 2.24) is 0 Å². The highest BCUT2D eigenvalue weighted by Gasteiger charge is 1.98. The zero-order chi connectivity index (χ0) is 13.4. The van der Waals surface area contributed by atoms with Gasteiger partial charge in [-0.25, -0.2) is 0 Å². The Hall–Kier alpha value is -2.07. The minimum atomic E-state index is -0.121. The van der Waals surface area contributed by atoms with Crippen molar-refractivity contribution in [2.45, 2.75) is 0 Å². The number of carbonyl (C=O) groups is 2. The lowest BCUT2D eigenvalue weighted by atomic mass is 10.2. The average molecular weight is 276 g/mol. The fourth-order valence-corrected chi connectivity index (χ4v) is 1.05. The molecule has 0 spiro atoms. The third kappa shape index (κ3) is 6.43. The molecular formula is C12H13AlN2O4. The fourth-order valence-electron chi connectivity index (χ4n) is 1.05. The summed E-state index contributed by atoms with van der Waals surface area (Å²) in [5.41, 5.74) is 0.359. The van der Waals surface area contributed by atoms with Crippen molar-refractivity contribution >= 4 is 34.6 Å². The van der Waals surface area contributed by atoms with Crippen molar-refractivity contribution in [3.8, 4) is 0 Å². The molecule has 7 heteroatoms. The number of para-hydroxylation sites is 1. The summed E-state index contributed by atoms with van der Waals surface area (Å²) in [6.45, 7) is 0. The molecule has 2 rings (SSSR count). The first-order valence-electron chi connectivity index (χ1n) is 4.95. The predicted molar refractivity (Wildman–Crippen MR) is 74.7 cm³/mol. The first-order valence-corrected chi connectivity index (χ1v) is 4.95. The number of nitroso groups, excluding NO2 is 1. The van der Waals surface area contributed by atoms with Crippen LogP contribution in [0.2, 0.25) is 0 Å². The molecule has 0 aliphatic heterocycles. The fraction of sp³-hybridized carbons (Fsp3) is 0. The number of benzene rings is 1. The molecule has 1 N–H and O–H groups in total. The van der Waals surface area contributed by atoms with Gasteiger partial charge >= 0.3 is 0 Å². The van der Waals surface area contributed by atoms with Gasteiger partial charge in [-0.05, 0) is 36.4 Å². The Bertz CT molecular complexity index is 462. The molecule has 0 fully saturated rings. The summed E-state index contributed by atoms with van der Waals surface area (Å²) in [6.07, 6.45) is 5.01. The van der Waals surface area contributed by atoms with Gasteiger partial charge in [-0.15, -0.1) is 10.1 Å². The van der Waals surface area contributed by atoms with Crippen LogP contribution >= 0.6 is 0 Å². The summed E-state index contributed by atoms with van der Waals surface area (Å²) in [7, 11) is 0. The summed E-state index contributed by atoms with van der Waals surface area (Å²) >= 11 is 0. The van der Waals surface area contributed by atoms with Crippen LogP contribution in [-0.2, 0) is 9.59 Å². The summed E-state index contributed by atoms with van der Waals surface area (Å²) in [4.78, 5) is 30.3. The van der Waals surface area contributed by atoms with Crippen LogP contribution in [0, 0.1) is 4.91 Å². The predicted octanol–water partition coefficient (Wildman–Crippen LogP) is 0.630. The van der Waals surface area contributed by atoms with Crippen molar-refractivity contribution in [1.29, 1.82) is 0 Å².